The highest BCUT2D eigenvalue weighted by molar-refractivity contribution is 6.01. The minimum atomic E-state index is -0.548. The number of esters is 2. The van der Waals surface area contributed by atoms with Crippen molar-refractivity contribution in [1.29, 1.82) is 0 Å². The molecule has 2 rings (SSSR count). The largest absolute Gasteiger partial charge is 0.461 e. The molecule has 0 atom stereocenters. The van der Waals surface area contributed by atoms with Gasteiger partial charge in [-0.25, -0.2) is 9.59 Å². The van der Waals surface area contributed by atoms with Crippen LogP contribution in [0.2, 0.25) is 0 Å². The van der Waals surface area contributed by atoms with Crippen LogP contribution in [0.25, 0.3) is 6.08 Å². The molecule has 1 aromatic heterocycles. The van der Waals surface area contributed by atoms with Crippen molar-refractivity contribution in [2.75, 3.05) is 6.61 Å². The van der Waals surface area contributed by atoms with Gasteiger partial charge in [-0.2, -0.15) is 0 Å². The van der Waals surface area contributed by atoms with Crippen LogP contribution < -0.4 is 0 Å². The number of Topliss-reactive ketones (excluding diaryl/α,β-unsaturated/α-hetero) is 1. The SMILES string of the molecule is CCOC(=O)c1[nH]c(COC(=O)/C=C/c2ccccc2)c(C(C)=O)c1C. The van der Waals surface area contributed by atoms with Gasteiger partial charge in [0, 0.05) is 11.6 Å². The monoisotopic (exact) mass is 355 g/mol. The van der Waals surface area contributed by atoms with Gasteiger partial charge in [-0.05, 0) is 38.0 Å². The van der Waals surface area contributed by atoms with Gasteiger partial charge < -0.3 is 14.5 Å². The summed E-state index contributed by atoms with van der Waals surface area (Å²) in [6.07, 6.45) is 2.95. The number of aromatic amines is 1. The average molecular weight is 355 g/mol. The molecule has 0 unspecified atom stereocenters. The van der Waals surface area contributed by atoms with Crippen molar-refractivity contribution in [3.8, 4) is 0 Å². The number of nitrogens with one attached hydrogen (secondary N) is 1. The van der Waals surface area contributed by atoms with Crippen molar-refractivity contribution in [2.24, 2.45) is 0 Å². The van der Waals surface area contributed by atoms with Gasteiger partial charge in [-0.1, -0.05) is 30.3 Å². The highest BCUT2D eigenvalue weighted by atomic mass is 16.5. The standard InChI is InChI=1S/C20H21NO5/c1-4-25-20(24)19-13(2)18(14(3)22)16(21-19)12-26-17(23)11-10-15-8-6-5-7-9-15/h5-11,21H,4,12H2,1-3H3/b11-10+. The van der Waals surface area contributed by atoms with Crippen LogP contribution in [0.1, 0.15) is 51.5 Å². The topological polar surface area (TPSA) is 85.5 Å². The molecule has 0 saturated heterocycles. The second-order valence-corrected chi connectivity index (χ2v) is 5.61. The predicted molar refractivity (Wildman–Crippen MR) is 96.8 cm³/mol. The Morgan fingerprint density at radius 1 is 1.12 bits per heavy atom. The molecular formula is C20H21NO5. The Morgan fingerprint density at radius 2 is 1.81 bits per heavy atom. The van der Waals surface area contributed by atoms with Crippen LogP contribution in [0.5, 0.6) is 0 Å². The van der Waals surface area contributed by atoms with Crippen molar-refractivity contribution in [3.05, 3.63) is 64.5 Å². The molecule has 26 heavy (non-hydrogen) atoms. The molecule has 6 nitrogen and oxygen atoms in total. The maximum atomic E-state index is 12.0. The zero-order chi connectivity index (χ0) is 19.1. The van der Waals surface area contributed by atoms with Crippen molar-refractivity contribution < 1.29 is 23.9 Å². The molecule has 0 aliphatic heterocycles. The van der Waals surface area contributed by atoms with Crippen LogP contribution in [-0.2, 0) is 20.9 Å². The van der Waals surface area contributed by atoms with E-state index in [1.165, 1.54) is 13.0 Å². The van der Waals surface area contributed by atoms with E-state index in [1.807, 2.05) is 30.3 Å². The Balaban J connectivity index is 2.12. The fraction of sp³-hybridized carbons (Fsp3) is 0.250. The number of H-pyrrole nitrogens is 1. The van der Waals surface area contributed by atoms with Crippen LogP contribution in [0.15, 0.2) is 36.4 Å². The first-order chi connectivity index (χ1) is 12.4. The molecule has 1 heterocycles. The van der Waals surface area contributed by atoms with E-state index in [9.17, 15) is 14.4 Å². The molecule has 0 radical (unpaired) electrons. The summed E-state index contributed by atoms with van der Waals surface area (Å²) in [6.45, 7) is 4.82. The summed E-state index contributed by atoms with van der Waals surface area (Å²) in [5.74, 6) is -1.32. The van der Waals surface area contributed by atoms with Crippen molar-refractivity contribution in [3.63, 3.8) is 0 Å². The molecule has 2 aromatic rings. The zero-order valence-electron chi connectivity index (χ0n) is 15.0. The van der Waals surface area contributed by atoms with Crippen molar-refractivity contribution in [2.45, 2.75) is 27.4 Å². The van der Waals surface area contributed by atoms with Crippen LogP contribution in [0.3, 0.4) is 0 Å². The predicted octanol–water partition coefficient (Wildman–Crippen LogP) is 3.46. The summed E-state index contributed by atoms with van der Waals surface area (Å²) in [5.41, 5.74) is 2.27. The molecule has 0 aliphatic rings. The number of carbonyl (C=O) groups excluding carboxylic acids is 3. The number of aromatic nitrogens is 1. The number of carbonyl (C=O) groups is 3. The lowest BCUT2D eigenvalue weighted by molar-refractivity contribution is -0.139. The quantitative estimate of drug-likeness (QED) is 0.467. The van der Waals surface area contributed by atoms with E-state index in [-0.39, 0.29) is 24.7 Å². The third-order valence-electron chi connectivity index (χ3n) is 3.73. The lowest BCUT2D eigenvalue weighted by Gasteiger charge is -2.03. The van der Waals surface area contributed by atoms with E-state index in [0.29, 0.717) is 16.8 Å². The fourth-order valence-electron chi connectivity index (χ4n) is 2.57. The lowest BCUT2D eigenvalue weighted by atomic mass is 10.1. The zero-order valence-corrected chi connectivity index (χ0v) is 15.0. The third-order valence-corrected chi connectivity index (χ3v) is 3.73. The maximum absolute atomic E-state index is 12.0. The highest BCUT2D eigenvalue weighted by Gasteiger charge is 2.23. The van der Waals surface area contributed by atoms with Crippen LogP contribution in [0, 0.1) is 6.92 Å². The molecule has 1 N–H and O–H groups in total. The average Bonchev–Trinajstić information content (AvgIpc) is 2.96. The van der Waals surface area contributed by atoms with Gasteiger partial charge in [0.1, 0.15) is 12.3 Å². The normalized spacial score (nSPS) is 10.7. The van der Waals surface area contributed by atoms with Gasteiger partial charge in [0.05, 0.1) is 12.3 Å². The Bertz CT molecular complexity index is 833. The minimum Gasteiger partial charge on any atom is -0.461 e. The molecule has 0 aliphatic carbocycles. The van der Waals surface area contributed by atoms with Gasteiger partial charge in [-0.15, -0.1) is 0 Å². The van der Waals surface area contributed by atoms with Gasteiger partial charge in [0.25, 0.3) is 0 Å². The van der Waals surface area contributed by atoms with E-state index < -0.39 is 11.9 Å². The van der Waals surface area contributed by atoms with Gasteiger partial charge in [0.15, 0.2) is 5.78 Å². The van der Waals surface area contributed by atoms with E-state index in [1.54, 1.807) is 19.9 Å². The second kappa shape index (κ2) is 8.80. The van der Waals surface area contributed by atoms with Crippen molar-refractivity contribution >= 4 is 23.8 Å². The van der Waals surface area contributed by atoms with E-state index in [4.69, 9.17) is 9.47 Å². The number of benzene rings is 1. The second-order valence-electron chi connectivity index (χ2n) is 5.61. The number of rotatable bonds is 7. The summed E-state index contributed by atoms with van der Waals surface area (Å²) in [7, 11) is 0. The van der Waals surface area contributed by atoms with Gasteiger partial charge in [-0.3, -0.25) is 4.79 Å². The lowest BCUT2D eigenvalue weighted by Crippen LogP contribution is -2.07. The first kappa shape index (κ1) is 19.2. The molecule has 1 aromatic carbocycles. The van der Waals surface area contributed by atoms with E-state index in [0.717, 1.165) is 5.56 Å². The van der Waals surface area contributed by atoms with Crippen LogP contribution >= 0.6 is 0 Å². The number of ether oxygens (including phenoxy) is 2. The van der Waals surface area contributed by atoms with Crippen molar-refractivity contribution in [1.82, 2.24) is 4.98 Å². The molecule has 0 fully saturated rings. The number of hydrogen-bond donors (Lipinski definition) is 1. The fourth-order valence-corrected chi connectivity index (χ4v) is 2.57. The molecule has 0 saturated carbocycles. The Hall–Kier alpha value is -3.15. The Kier molecular flexibility index (Phi) is 6.49. The maximum Gasteiger partial charge on any atom is 0.355 e. The van der Waals surface area contributed by atoms with Gasteiger partial charge >= 0.3 is 11.9 Å². The summed E-state index contributed by atoms with van der Waals surface area (Å²) in [4.78, 5) is 38.6. The van der Waals surface area contributed by atoms with E-state index in [2.05, 4.69) is 4.98 Å². The molecule has 136 valence electrons. The minimum absolute atomic E-state index is 0.146. The summed E-state index contributed by atoms with van der Waals surface area (Å²) in [6, 6.07) is 9.33. The molecular weight excluding hydrogens is 334 g/mol. The summed E-state index contributed by atoms with van der Waals surface area (Å²) < 4.78 is 10.2. The highest BCUT2D eigenvalue weighted by Crippen LogP contribution is 2.21. The molecule has 6 heteroatoms. The van der Waals surface area contributed by atoms with Crippen LogP contribution in [0.4, 0.5) is 0 Å². The molecule has 0 spiro atoms. The Morgan fingerprint density at radius 3 is 2.42 bits per heavy atom. The summed E-state index contributed by atoms with van der Waals surface area (Å²) in [5, 5.41) is 0. The number of ketones is 1. The van der Waals surface area contributed by atoms with E-state index >= 15 is 0 Å². The first-order valence-electron chi connectivity index (χ1n) is 8.23. The van der Waals surface area contributed by atoms with Crippen LogP contribution in [-0.4, -0.2) is 29.3 Å². The summed E-state index contributed by atoms with van der Waals surface area (Å²) >= 11 is 0. The molecule has 0 bridgehead atoms. The third kappa shape index (κ3) is 4.69. The smallest absolute Gasteiger partial charge is 0.355 e. The first-order valence-corrected chi connectivity index (χ1v) is 8.23. The number of hydrogen-bond acceptors (Lipinski definition) is 5. The van der Waals surface area contributed by atoms with Gasteiger partial charge in [0.2, 0.25) is 0 Å². The molecule has 0 amide bonds. The Labute approximate surface area is 151 Å².